The molecule has 0 atom stereocenters. The quantitative estimate of drug-likeness (QED) is 0.865. The van der Waals surface area contributed by atoms with Gasteiger partial charge in [-0.05, 0) is 25.1 Å². The van der Waals surface area contributed by atoms with Gasteiger partial charge < -0.3 is 5.32 Å². The van der Waals surface area contributed by atoms with Gasteiger partial charge in [-0.2, -0.15) is 5.10 Å². The molecule has 0 fully saturated rings. The van der Waals surface area contributed by atoms with Crippen molar-refractivity contribution in [1.29, 1.82) is 0 Å². The Hall–Kier alpha value is -2.19. The molecule has 8 heteroatoms. The fraction of sp³-hybridized carbons (Fsp3) is 0.167. The lowest BCUT2D eigenvalue weighted by atomic mass is 10.2. The van der Waals surface area contributed by atoms with Gasteiger partial charge >= 0.3 is 0 Å². The maximum Gasteiger partial charge on any atom is 0.259 e. The maximum atomic E-state index is 12.1. The minimum Gasteiger partial charge on any atom is -0.322 e. The standard InChI is InChI=1S/C12H14N4O3S/c1-8-11(7-14-16(8)2)12(17)15-9-4-3-5-10(6-9)20(13,18)19/h3-7H,1-2H3,(H,15,17)(H2,13,18,19). The molecule has 1 amide bonds. The first-order chi connectivity index (χ1) is 9.29. The zero-order valence-corrected chi connectivity index (χ0v) is 11.8. The van der Waals surface area contributed by atoms with E-state index in [9.17, 15) is 13.2 Å². The first kappa shape index (κ1) is 14.2. The van der Waals surface area contributed by atoms with Gasteiger partial charge in [0.25, 0.3) is 5.91 Å². The molecule has 2 aromatic rings. The van der Waals surface area contributed by atoms with Crippen LogP contribution in [0.5, 0.6) is 0 Å². The largest absolute Gasteiger partial charge is 0.322 e. The molecule has 1 aromatic heterocycles. The number of benzene rings is 1. The van der Waals surface area contributed by atoms with E-state index in [0.29, 0.717) is 16.9 Å². The Morgan fingerprint density at radius 3 is 2.65 bits per heavy atom. The third kappa shape index (κ3) is 2.86. The van der Waals surface area contributed by atoms with Crippen LogP contribution in [0.3, 0.4) is 0 Å². The normalized spacial score (nSPS) is 11.3. The number of primary sulfonamides is 1. The summed E-state index contributed by atoms with van der Waals surface area (Å²) in [7, 11) is -2.07. The van der Waals surface area contributed by atoms with Crippen molar-refractivity contribution in [1.82, 2.24) is 9.78 Å². The Labute approximate surface area is 116 Å². The number of hydrogen-bond acceptors (Lipinski definition) is 4. The number of nitrogens with one attached hydrogen (secondary N) is 1. The molecule has 2 rings (SSSR count). The van der Waals surface area contributed by atoms with Gasteiger partial charge in [0.15, 0.2) is 0 Å². The van der Waals surface area contributed by atoms with Crippen LogP contribution in [0.1, 0.15) is 16.1 Å². The highest BCUT2D eigenvalue weighted by Crippen LogP contribution is 2.16. The van der Waals surface area contributed by atoms with Crippen LogP contribution in [-0.2, 0) is 17.1 Å². The Bertz CT molecular complexity index is 765. The van der Waals surface area contributed by atoms with Crippen LogP contribution in [0.2, 0.25) is 0 Å². The lowest BCUT2D eigenvalue weighted by Gasteiger charge is -2.06. The lowest BCUT2D eigenvalue weighted by molar-refractivity contribution is 0.102. The van der Waals surface area contributed by atoms with Crippen LogP contribution in [-0.4, -0.2) is 24.1 Å². The van der Waals surface area contributed by atoms with E-state index in [0.717, 1.165) is 0 Å². The highest BCUT2D eigenvalue weighted by molar-refractivity contribution is 7.89. The van der Waals surface area contributed by atoms with Crippen molar-refractivity contribution in [2.75, 3.05) is 5.32 Å². The van der Waals surface area contributed by atoms with E-state index in [1.165, 1.54) is 24.4 Å². The summed E-state index contributed by atoms with van der Waals surface area (Å²) in [6.45, 7) is 1.77. The van der Waals surface area contributed by atoms with E-state index in [2.05, 4.69) is 10.4 Å². The maximum absolute atomic E-state index is 12.1. The fourth-order valence-corrected chi connectivity index (χ4v) is 2.23. The summed E-state index contributed by atoms with van der Waals surface area (Å²) < 4.78 is 24.1. The summed E-state index contributed by atoms with van der Waals surface area (Å²) in [4.78, 5) is 12.0. The number of hydrogen-bond donors (Lipinski definition) is 2. The molecule has 0 aliphatic heterocycles. The van der Waals surface area contributed by atoms with Gasteiger partial charge in [-0.25, -0.2) is 13.6 Å². The van der Waals surface area contributed by atoms with Gasteiger partial charge in [0.05, 0.1) is 16.7 Å². The predicted molar refractivity (Wildman–Crippen MR) is 73.7 cm³/mol. The topological polar surface area (TPSA) is 107 Å². The summed E-state index contributed by atoms with van der Waals surface area (Å²) in [5.41, 5.74) is 1.49. The van der Waals surface area contributed by atoms with Crippen molar-refractivity contribution in [3.8, 4) is 0 Å². The highest BCUT2D eigenvalue weighted by Gasteiger charge is 2.14. The first-order valence-electron chi connectivity index (χ1n) is 5.72. The third-order valence-corrected chi connectivity index (χ3v) is 3.81. The molecule has 0 aliphatic rings. The van der Waals surface area contributed by atoms with Crippen LogP contribution in [0.4, 0.5) is 5.69 Å². The van der Waals surface area contributed by atoms with Crippen LogP contribution in [0.15, 0.2) is 35.4 Å². The molecule has 0 radical (unpaired) electrons. The molecular weight excluding hydrogens is 280 g/mol. The van der Waals surface area contributed by atoms with Gasteiger partial charge in [0, 0.05) is 18.4 Å². The number of aromatic nitrogens is 2. The minimum absolute atomic E-state index is 0.0572. The molecule has 1 heterocycles. The van der Waals surface area contributed by atoms with Crippen molar-refractivity contribution in [2.24, 2.45) is 12.2 Å². The van der Waals surface area contributed by atoms with E-state index in [4.69, 9.17) is 5.14 Å². The van der Waals surface area contributed by atoms with E-state index < -0.39 is 10.0 Å². The van der Waals surface area contributed by atoms with E-state index in [1.54, 1.807) is 24.7 Å². The number of sulfonamides is 1. The van der Waals surface area contributed by atoms with Crippen molar-refractivity contribution >= 4 is 21.6 Å². The molecule has 0 spiro atoms. The molecule has 7 nitrogen and oxygen atoms in total. The number of nitrogens with two attached hydrogens (primary N) is 1. The number of amides is 1. The van der Waals surface area contributed by atoms with Crippen LogP contribution in [0.25, 0.3) is 0 Å². The molecule has 0 unspecified atom stereocenters. The number of rotatable bonds is 3. The highest BCUT2D eigenvalue weighted by atomic mass is 32.2. The van der Waals surface area contributed by atoms with Crippen molar-refractivity contribution < 1.29 is 13.2 Å². The minimum atomic E-state index is -3.80. The fourth-order valence-electron chi connectivity index (χ4n) is 1.67. The Morgan fingerprint density at radius 1 is 1.40 bits per heavy atom. The zero-order chi connectivity index (χ0) is 14.9. The van der Waals surface area contributed by atoms with Crippen molar-refractivity contribution in [2.45, 2.75) is 11.8 Å². The summed E-state index contributed by atoms with van der Waals surface area (Å²) in [6, 6.07) is 5.75. The van der Waals surface area contributed by atoms with E-state index in [1.807, 2.05) is 0 Å². The molecule has 20 heavy (non-hydrogen) atoms. The number of aryl methyl sites for hydroxylation is 1. The lowest BCUT2D eigenvalue weighted by Crippen LogP contribution is -2.15. The second kappa shape index (κ2) is 5.06. The van der Waals surface area contributed by atoms with Gasteiger partial charge in [0.1, 0.15) is 0 Å². The molecule has 0 saturated carbocycles. The number of carbonyl (C=O) groups excluding carboxylic acids is 1. The van der Waals surface area contributed by atoms with Gasteiger partial charge in [-0.3, -0.25) is 9.48 Å². The van der Waals surface area contributed by atoms with Crippen molar-refractivity contribution in [3.05, 3.63) is 41.7 Å². The number of anilines is 1. The number of carbonyl (C=O) groups is 1. The van der Waals surface area contributed by atoms with Crippen LogP contribution in [0, 0.1) is 6.92 Å². The molecule has 0 bridgehead atoms. The van der Waals surface area contributed by atoms with E-state index in [-0.39, 0.29) is 10.8 Å². The average molecular weight is 294 g/mol. The molecular formula is C12H14N4O3S. The monoisotopic (exact) mass is 294 g/mol. The number of nitrogens with zero attached hydrogens (tertiary/aromatic N) is 2. The second-order valence-electron chi connectivity index (χ2n) is 4.29. The SMILES string of the molecule is Cc1c(C(=O)Nc2cccc(S(N)(=O)=O)c2)cnn1C. The molecule has 0 saturated heterocycles. The Kier molecular flexibility index (Phi) is 3.60. The third-order valence-electron chi connectivity index (χ3n) is 2.90. The molecule has 3 N–H and O–H groups in total. The van der Waals surface area contributed by atoms with E-state index >= 15 is 0 Å². The first-order valence-corrected chi connectivity index (χ1v) is 7.26. The Balaban J connectivity index is 2.27. The zero-order valence-electron chi connectivity index (χ0n) is 11.0. The molecule has 0 aliphatic carbocycles. The van der Waals surface area contributed by atoms with Crippen molar-refractivity contribution in [3.63, 3.8) is 0 Å². The summed E-state index contributed by atoms with van der Waals surface area (Å²) >= 11 is 0. The van der Waals surface area contributed by atoms with Gasteiger partial charge in [0.2, 0.25) is 10.0 Å². The van der Waals surface area contributed by atoms with Gasteiger partial charge in [-0.1, -0.05) is 6.07 Å². The van der Waals surface area contributed by atoms with Crippen LogP contribution >= 0.6 is 0 Å². The molecule has 106 valence electrons. The van der Waals surface area contributed by atoms with Gasteiger partial charge in [-0.15, -0.1) is 0 Å². The Morgan fingerprint density at radius 2 is 2.10 bits per heavy atom. The molecule has 1 aromatic carbocycles. The van der Waals surface area contributed by atoms with Crippen LogP contribution < -0.4 is 10.5 Å². The summed E-state index contributed by atoms with van der Waals surface area (Å²) in [5, 5.41) is 11.6. The second-order valence-corrected chi connectivity index (χ2v) is 5.86. The average Bonchev–Trinajstić information content (AvgIpc) is 2.69. The summed E-state index contributed by atoms with van der Waals surface area (Å²) in [6.07, 6.45) is 1.45. The predicted octanol–water partition coefficient (Wildman–Crippen LogP) is 0.628. The summed E-state index contributed by atoms with van der Waals surface area (Å²) in [5.74, 6) is -0.359. The smallest absolute Gasteiger partial charge is 0.259 e.